The van der Waals surface area contributed by atoms with Gasteiger partial charge < -0.3 is 10.1 Å². The number of hydrogen-bond donors (Lipinski definition) is 2. The van der Waals surface area contributed by atoms with Crippen LogP contribution in [0.15, 0.2) is 24.3 Å². The number of rotatable bonds is 2. The average Bonchev–Trinajstić information content (AvgIpc) is 2.86. The van der Waals surface area contributed by atoms with Crippen molar-refractivity contribution in [2.75, 3.05) is 5.32 Å². The predicted molar refractivity (Wildman–Crippen MR) is 92.3 cm³/mol. The first-order valence-electron chi connectivity index (χ1n) is 7.18. The molecule has 0 amide bonds. The van der Waals surface area contributed by atoms with Crippen LogP contribution in [0.5, 0.6) is 0 Å². The molecule has 1 aromatic carbocycles. The normalized spacial score (nSPS) is 19.2. The lowest BCUT2D eigenvalue weighted by Gasteiger charge is -2.37. The van der Waals surface area contributed by atoms with Gasteiger partial charge in [0.15, 0.2) is 0 Å². The zero-order valence-electron chi connectivity index (χ0n) is 13.3. The van der Waals surface area contributed by atoms with Crippen LogP contribution in [0, 0.1) is 18.3 Å². The number of thiophene rings is 1. The molecule has 0 spiro atoms. The van der Waals surface area contributed by atoms with Gasteiger partial charge in [-0.25, -0.2) is 0 Å². The van der Waals surface area contributed by atoms with Crippen molar-refractivity contribution in [3.8, 4) is 16.5 Å². The Morgan fingerprint density at radius 2 is 2.08 bits per heavy atom. The van der Waals surface area contributed by atoms with Crippen LogP contribution in [0.3, 0.4) is 0 Å². The molecular formula is C16H16N2O4S2. The summed E-state index contributed by atoms with van der Waals surface area (Å²) in [6, 6.07) is 9.52. The molecule has 0 fully saturated rings. The second kappa shape index (κ2) is 5.57. The Hall–Kier alpha value is -1.92. The van der Waals surface area contributed by atoms with Crippen LogP contribution in [-0.2, 0) is 20.5 Å². The zero-order valence-corrected chi connectivity index (χ0v) is 15.0. The molecule has 8 heteroatoms. The van der Waals surface area contributed by atoms with Gasteiger partial charge in [0.1, 0.15) is 10.9 Å². The molecular weight excluding hydrogens is 348 g/mol. The van der Waals surface area contributed by atoms with E-state index in [0.29, 0.717) is 10.6 Å². The molecule has 1 aliphatic heterocycles. The van der Waals surface area contributed by atoms with E-state index in [-0.39, 0.29) is 0 Å². The summed E-state index contributed by atoms with van der Waals surface area (Å²) in [7, 11) is -4.38. The van der Waals surface area contributed by atoms with Crippen LogP contribution >= 0.6 is 11.3 Å². The van der Waals surface area contributed by atoms with Crippen LogP contribution < -0.4 is 5.32 Å². The fraction of sp³-hybridized carbons (Fsp3) is 0.312. The molecule has 0 saturated heterocycles. The van der Waals surface area contributed by atoms with Gasteiger partial charge in [-0.15, -0.1) is 11.3 Å². The van der Waals surface area contributed by atoms with Crippen LogP contribution in [0.2, 0.25) is 0 Å². The van der Waals surface area contributed by atoms with E-state index in [1.165, 1.54) is 11.3 Å². The molecule has 1 aliphatic rings. The smallest absolute Gasteiger partial charge is 0.312 e. The van der Waals surface area contributed by atoms with Crippen molar-refractivity contribution in [2.45, 2.75) is 31.9 Å². The number of aryl methyl sites for hydroxylation is 1. The van der Waals surface area contributed by atoms with Crippen LogP contribution in [0.4, 0.5) is 5.69 Å². The van der Waals surface area contributed by atoms with Crippen molar-refractivity contribution in [2.24, 2.45) is 0 Å². The number of nitriles is 1. The molecule has 2 aromatic rings. The van der Waals surface area contributed by atoms with Crippen molar-refractivity contribution in [3.05, 3.63) is 40.3 Å². The number of anilines is 1. The van der Waals surface area contributed by atoms with E-state index >= 15 is 0 Å². The molecule has 3 rings (SSSR count). The fourth-order valence-corrected chi connectivity index (χ4v) is 4.36. The zero-order chi connectivity index (χ0) is 17.7. The first-order chi connectivity index (χ1) is 11.1. The maximum Gasteiger partial charge on any atom is 0.312 e. The standard InChI is InChI=1S/C16H16N2O4S2/c1-9-6-11(8-17)23-14(9)10-4-5-13-12(7-10)16(2,3)22-15(18-13)24(19,20)21/h4-7,15,18H,1-3H3,(H,19,20,21). The Balaban J connectivity index is 2.09. The van der Waals surface area contributed by atoms with Gasteiger partial charge in [-0.3, -0.25) is 4.55 Å². The van der Waals surface area contributed by atoms with Gasteiger partial charge in [0.25, 0.3) is 5.56 Å². The minimum atomic E-state index is -4.38. The Morgan fingerprint density at radius 3 is 2.67 bits per heavy atom. The van der Waals surface area contributed by atoms with E-state index in [4.69, 9.17) is 10.00 Å². The van der Waals surface area contributed by atoms with Crippen molar-refractivity contribution in [1.82, 2.24) is 0 Å². The SMILES string of the molecule is Cc1cc(C#N)sc1-c1ccc2c(c1)C(C)(C)OC(S(=O)(=O)O)N2. The summed E-state index contributed by atoms with van der Waals surface area (Å²) in [5.74, 6) is 0. The third-order valence-corrected chi connectivity index (χ3v) is 5.85. The topological polar surface area (TPSA) is 99.4 Å². The average molecular weight is 364 g/mol. The minimum absolute atomic E-state index is 0.590. The first-order valence-corrected chi connectivity index (χ1v) is 9.50. The van der Waals surface area contributed by atoms with Gasteiger partial charge in [0.05, 0.1) is 5.60 Å². The molecule has 0 saturated carbocycles. The van der Waals surface area contributed by atoms with Crippen LogP contribution in [0.1, 0.15) is 29.9 Å². The van der Waals surface area contributed by atoms with Gasteiger partial charge in [0, 0.05) is 16.1 Å². The lowest BCUT2D eigenvalue weighted by molar-refractivity contribution is -0.0406. The monoisotopic (exact) mass is 364 g/mol. The van der Waals surface area contributed by atoms with Crippen LogP contribution in [0.25, 0.3) is 10.4 Å². The van der Waals surface area contributed by atoms with E-state index in [1.807, 2.05) is 25.1 Å². The van der Waals surface area contributed by atoms with E-state index in [1.54, 1.807) is 19.9 Å². The van der Waals surface area contributed by atoms with E-state index in [0.717, 1.165) is 21.6 Å². The third-order valence-electron chi connectivity index (χ3n) is 3.90. The molecule has 1 atom stereocenters. The summed E-state index contributed by atoms with van der Waals surface area (Å²) in [5, 5.41) is 11.7. The summed E-state index contributed by atoms with van der Waals surface area (Å²) in [5.41, 5.74) is 0.912. The largest absolute Gasteiger partial charge is 0.345 e. The molecule has 24 heavy (non-hydrogen) atoms. The summed E-state index contributed by atoms with van der Waals surface area (Å²) in [6.07, 6.45) is 0. The Labute approximate surface area is 144 Å². The van der Waals surface area contributed by atoms with Gasteiger partial charge in [-0.1, -0.05) is 6.07 Å². The second-order valence-corrected chi connectivity index (χ2v) is 8.62. The number of hydrogen-bond acceptors (Lipinski definition) is 6. The van der Waals surface area contributed by atoms with Gasteiger partial charge in [0.2, 0.25) is 0 Å². The number of fused-ring (bicyclic) bond motifs is 1. The van der Waals surface area contributed by atoms with Crippen molar-refractivity contribution >= 4 is 27.1 Å². The molecule has 1 aromatic heterocycles. The molecule has 6 nitrogen and oxygen atoms in total. The van der Waals surface area contributed by atoms with Crippen molar-refractivity contribution in [1.29, 1.82) is 5.26 Å². The quantitative estimate of drug-likeness (QED) is 0.792. The van der Waals surface area contributed by atoms with Gasteiger partial charge in [-0.2, -0.15) is 13.7 Å². The number of ether oxygens (including phenoxy) is 1. The third kappa shape index (κ3) is 2.91. The maximum atomic E-state index is 11.4. The fourth-order valence-electron chi connectivity index (χ4n) is 2.76. The van der Waals surface area contributed by atoms with E-state index < -0.39 is 21.3 Å². The van der Waals surface area contributed by atoms with Gasteiger partial charge >= 0.3 is 10.1 Å². The molecule has 126 valence electrons. The highest BCUT2D eigenvalue weighted by atomic mass is 32.2. The molecule has 2 heterocycles. The molecule has 0 bridgehead atoms. The van der Waals surface area contributed by atoms with Gasteiger partial charge in [-0.05, 0) is 50.1 Å². The minimum Gasteiger partial charge on any atom is -0.345 e. The summed E-state index contributed by atoms with van der Waals surface area (Å²) in [4.78, 5) is 1.63. The maximum absolute atomic E-state index is 11.4. The lowest BCUT2D eigenvalue weighted by atomic mass is 9.92. The molecule has 1 unspecified atom stereocenters. The summed E-state index contributed by atoms with van der Waals surface area (Å²) < 4.78 is 37.6. The number of nitrogens with zero attached hydrogens (tertiary/aromatic N) is 1. The van der Waals surface area contributed by atoms with Crippen LogP contribution in [-0.4, -0.2) is 18.5 Å². The van der Waals surface area contributed by atoms with Crippen molar-refractivity contribution in [3.63, 3.8) is 0 Å². The van der Waals surface area contributed by atoms with Crippen molar-refractivity contribution < 1.29 is 17.7 Å². The molecule has 2 N–H and O–H groups in total. The predicted octanol–water partition coefficient (Wildman–Crippen LogP) is 3.44. The molecule has 0 radical (unpaired) electrons. The van der Waals surface area contributed by atoms with E-state index in [9.17, 15) is 13.0 Å². The highest BCUT2D eigenvalue weighted by Gasteiger charge is 2.39. The highest BCUT2D eigenvalue weighted by molar-refractivity contribution is 7.86. The first kappa shape index (κ1) is 16.9. The second-order valence-electron chi connectivity index (χ2n) is 6.11. The Morgan fingerprint density at radius 1 is 1.38 bits per heavy atom. The lowest BCUT2D eigenvalue weighted by Crippen LogP contribution is -2.43. The number of nitrogens with one attached hydrogen (secondary N) is 1. The number of benzene rings is 1. The van der Waals surface area contributed by atoms with E-state index in [2.05, 4.69) is 11.4 Å². The Kier molecular flexibility index (Phi) is 3.92. The Bertz CT molecular complexity index is 955. The summed E-state index contributed by atoms with van der Waals surface area (Å²) >= 11 is 1.41. The molecule has 0 aliphatic carbocycles. The summed E-state index contributed by atoms with van der Waals surface area (Å²) in [6.45, 7) is 5.44. The highest BCUT2D eigenvalue weighted by Crippen LogP contribution is 2.41.